The first-order valence-electron chi connectivity index (χ1n) is 11.3. The predicted octanol–water partition coefficient (Wildman–Crippen LogP) is 6.09. The molecule has 0 spiro atoms. The number of likely N-dealkylation sites (N-methyl/N-ethyl adjacent to an activating group) is 1. The number of aliphatic hydroxyl groups is 1. The quantitative estimate of drug-likeness (QED) is 0.415. The van der Waals surface area contributed by atoms with Gasteiger partial charge in [0.05, 0.1) is 6.61 Å². The summed E-state index contributed by atoms with van der Waals surface area (Å²) in [6.45, 7) is 12.0. The molecule has 0 bridgehead atoms. The molecule has 0 radical (unpaired) electrons. The van der Waals surface area contributed by atoms with Crippen molar-refractivity contribution in [2.45, 2.75) is 45.4 Å². The lowest BCUT2D eigenvalue weighted by molar-refractivity contribution is 0.172. The number of allylic oxidation sites excluding steroid dienone is 3. The van der Waals surface area contributed by atoms with Crippen LogP contribution < -0.4 is 0 Å². The van der Waals surface area contributed by atoms with Crippen LogP contribution in [0.1, 0.15) is 49.9 Å². The molecule has 1 aliphatic carbocycles. The molecule has 172 valence electrons. The van der Waals surface area contributed by atoms with Crippen molar-refractivity contribution >= 4 is 17.2 Å². The molecule has 1 heterocycles. The van der Waals surface area contributed by atoms with Gasteiger partial charge in [-0.2, -0.15) is 4.98 Å². The van der Waals surface area contributed by atoms with Gasteiger partial charge in [-0.1, -0.05) is 47.1 Å². The number of halogens is 1. The lowest BCUT2D eigenvalue weighted by Crippen LogP contribution is -2.36. The maximum atomic E-state index is 9.29. The van der Waals surface area contributed by atoms with Crippen LogP contribution in [0.4, 0.5) is 0 Å². The average Bonchev–Trinajstić information content (AvgIpc) is 3.39. The molecule has 6 heteroatoms. The summed E-state index contributed by atoms with van der Waals surface area (Å²) < 4.78 is 5.45. The maximum absolute atomic E-state index is 9.29. The van der Waals surface area contributed by atoms with Gasteiger partial charge in [-0.15, -0.1) is 6.58 Å². The molecule has 1 fully saturated rings. The molecule has 0 saturated heterocycles. The smallest absolute Gasteiger partial charge is 0.258 e. The van der Waals surface area contributed by atoms with Crippen molar-refractivity contribution in [1.29, 1.82) is 0 Å². The third-order valence-electron chi connectivity index (χ3n) is 6.37. The zero-order valence-electron chi connectivity index (χ0n) is 19.2. The van der Waals surface area contributed by atoms with E-state index in [1.165, 1.54) is 12.0 Å². The number of nitrogens with zero attached hydrogens (tertiary/aromatic N) is 3. The molecule has 1 unspecified atom stereocenters. The van der Waals surface area contributed by atoms with E-state index in [2.05, 4.69) is 41.3 Å². The van der Waals surface area contributed by atoms with Crippen molar-refractivity contribution in [3.8, 4) is 11.5 Å². The van der Waals surface area contributed by atoms with Crippen molar-refractivity contribution in [1.82, 2.24) is 15.0 Å². The van der Waals surface area contributed by atoms with Gasteiger partial charge in [0.25, 0.3) is 5.89 Å². The van der Waals surface area contributed by atoms with Gasteiger partial charge in [0.1, 0.15) is 0 Å². The van der Waals surface area contributed by atoms with Crippen LogP contribution >= 0.6 is 11.6 Å². The normalized spacial score (nSPS) is 19.7. The van der Waals surface area contributed by atoms with E-state index in [1.807, 2.05) is 31.2 Å². The summed E-state index contributed by atoms with van der Waals surface area (Å²) in [7, 11) is 2.08. The van der Waals surface area contributed by atoms with Crippen molar-refractivity contribution in [2.24, 2.45) is 5.41 Å². The molecule has 1 aromatic heterocycles. The van der Waals surface area contributed by atoms with E-state index >= 15 is 0 Å². The second-order valence-electron chi connectivity index (χ2n) is 8.85. The Labute approximate surface area is 196 Å². The fraction of sp³-hybridized carbons (Fsp3) is 0.462. The summed E-state index contributed by atoms with van der Waals surface area (Å²) in [6.07, 6.45) is 10.5. The molecule has 32 heavy (non-hydrogen) atoms. The summed E-state index contributed by atoms with van der Waals surface area (Å²) in [5.74, 6) is 0.996. The summed E-state index contributed by atoms with van der Waals surface area (Å²) in [6, 6.07) is 5.71. The first kappa shape index (κ1) is 24.4. The molecule has 1 saturated carbocycles. The minimum atomic E-state index is 0.122. The van der Waals surface area contributed by atoms with Crippen LogP contribution in [0.15, 0.2) is 53.6 Å². The molecule has 1 aromatic carbocycles. The third kappa shape index (κ3) is 5.77. The molecule has 3 rings (SSSR count). The van der Waals surface area contributed by atoms with E-state index in [4.69, 9.17) is 16.1 Å². The Balaban J connectivity index is 1.65. The number of rotatable bonds is 11. The number of benzene rings is 1. The van der Waals surface area contributed by atoms with Crippen molar-refractivity contribution in [2.75, 3.05) is 26.7 Å². The van der Waals surface area contributed by atoms with E-state index in [9.17, 15) is 5.11 Å². The monoisotopic (exact) mass is 455 g/mol. The Kier molecular flexibility index (Phi) is 8.46. The molecule has 1 aliphatic rings. The molecule has 1 atom stereocenters. The second kappa shape index (κ2) is 11.1. The molecular weight excluding hydrogens is 422 g/mol. The fourth-order valence-electron chi connectivity index (χ4n) is 4.63. The van der Waals surface area contributed by atoms with Crippen LogP contribution in [0.25, 0.3) is 17.0 Å². The van der Waals surface area contributed by atoms with E-state index < -0.39 is 0 Å². The van der Waals surface area contributed by atoms with Crippen LogP contribution in [0.2, 0.25) is 5.02 Å². The van der Waals surface area contributed by atoms with Gasteiger partial charge in [0, 0.05) is 29.1 Å². The Hall–Kier alpha value is -2.21. The maximum Gasteiger partial charge on any atom is 0.258 e. The van der Waals surface area contributed by atoms with Gasteiger partial charge in [-0.25, -0.2) is 0 Å². The van der Waals surface area contributed by atoms with Gasteiger partial charge in [0.2, 0.25) is 0 Å². The van der Waals surface area contributed by atoms with Crippen molar-refractivity contribution < 1.29 is 9.63 Å². The Morgan fingerprint density at radius 1 is 1.41 bits per heavy atom. The molecular formula is C26H34ClN3O2. The minimum Gasteiger partial charge on any atom is -0.395 e. The van der Waals surface area contributed by atoms with Crippen molar-refractivity contribution in [3.63, 3.8) is 0 Å². The minimum absolute atomic E-state index is 0.122. The summed E-state index contributed by atoms with van der Waals surface area (Å²) in [5.41, 5.74) is 4.30. The van der Waals surface area contributed by atoms with E-state index in [-0.39, 0.29) is 12.0 Å². The highest BCUT2D eigenvalue weighted by atomic mass is 35.5. The summed E-state index contributed by atoms with van der Waals surface area (Å²) in [5, 5.41) is 14.1. The fourth-order valence-corrected chi connectivity index (χ4v) is 4.81. The number of hydrogen-bond acceptors (Lipinski definition) is 5. The average molecular weight is 456 g/mol. The molecule has 0 aliphatic heterocycles. The first-order valence-corrected chi connectivity index (χ1v) is 11.6. The number of aromatic nitrogens is 2. The third-order valence-corrected chi connectivity index (χ3v) is 6.78. The van der Waals surface area contributed by atoms with Crippen LogP contribution in [0.5, 0.6) is 0 Å². The zero-order chi connectivity index (χ0) is 23.1. The Morgan fingerprint density at radius 3 is 2.94 bits per heavy atom. The number of hydrogen-bond donors (Lipinski definition) is 1. The Morgan fingerprint density at radius 2 is 2.22 bits per heavy atom. The van der Waals surface area contributed by atoms with Crippen molar-refractivity contribution in [3.05, 3.63) is 65.5 Å². The van der Waals surface area contributed by atoms with E-state index in [1.54, 1.807) is 0 Å². The Bertz CT molecular complexity index is 981. The predicted molar refractivity (Wildman–Crippen MR) is 132 cm³/mol. The highest BCUT2D eigenvalue weighted by molar-refractivity contribution is 6.31. The molecule has 1 N–H and O–H groups in total. The zero-order valence-corrected chi connectivity index (χ0v) is 20.0. The van der Waals surface area contributed by atoms with Gasteiger partial charge >= 0.3 is 0 Å². The van der Waals surface area contributed by atoms with Crippen LogP contribution in [-0.4, -0.2) is 46.9 Å². The summed E-state index contributed by atoms with van der Waals surface area (Å²) >= 11 is 6.22. The SMILES string of the molecule is C=CCC1(CN(C)CCO)CCC/C1=C\CCC(=C)c1noc(-c2ccc(C)c(Cl)c2)n1. The van der Waals surface area contributed by atoms with Gasteiger partial charge in [-0.05, 0) is 75.8 Å². The highest BCUT2D eigenvalue weighted by Crippen LogP contribution is 2.46. The second-order valence-corrected chi connectivity index (χ2v) is 9.25. The lowest BCUT2D eigenvalue weighted by Gasteiger charge is -2.34. The number of aryl methyl sites for hydroxylation is 1. The van der Waals surface area contributed by atoms with Crippen LogP contribution in [0, 0.1) is 12.3 Å². The first-order chi connectivity index (χ1) is 15.4. The molecule has 5 nitrogen and oxygen atoms in total. The van der Waals surface area contributed by atoms with E-state index in [0.29, 0.717) is 23.3 Å². The highest BCUT2D eigenvalue weighted by Gasteiger charge is 2.37. The topological polar surface area (TPSA) is 62.4 Å². The van der Waals surface area contributed by atoms with Gasteiger partial charge in [0.15, 0.2) is 5.82 Å². The van der Waals surface area contributed by atoms with Gasteiger partial charge in [-0.3, -0.25) is 0 Å². The van der Waals surface area contributed by atoms with Gasteiger partial charge < -0.3 is 14.5 Å². The molecule has 0 amide bonds. The van der Waals surface area contributed by atoms with E-state index in [0.717, 1.165) is 55.3 Å². The molecule has 2 aromatic rings. The largest absolute Gasteiger partial charge is 0.395 e. The standard InChI is InChI=1S/C26H34ClN3O2/c1-5-13-26(18-30(4)15-16-31)14-7-10-22(26)9-6-8-20(3)24-28-25(32-29-24)21-12-11-19(2)23(27)17-21/h5,9,11-12,17,31H,1,3,6-8,10,13-16,18H2,2,4H3/b22-9+. The van der Waals surface area contributed by atoms with Crippen LogP contribution in [-0.2, 0) is 0 Å². The summed E-state index contributed by atoms with van der Waals surface area (Å²) in [4.78, 5) is 6.74. The van der Waals surface area contributed by atoms with Crippen LogP contribution in [0.3, 0.4) is 0 Å². The lowest BCUT2D eigenvalue weighted by atomic mass is 9.78. The number of aliphatic hydroxyl groups excluding tert-OH is 1.